The van der Waals surface area contributed by atoms with Crippen LogP contribution in [0.2, 0.25) is 0 Å². The van der Waals surface area contributed by atoms with E-state index in [4.69, 9.17) is 9.72 Å². The Morgan fingerprint density at radius 2 is 1.80 bits per heavy atom. The smallest absolute Gasteiger partial charge is 0.310 e. The molecule has 0 unspecified atom stereocenters. The van der Waals surface area contributed by atoms with Gasteiger partial charge in [0.2, 0.25) is 0 Å². The summed E-state index contributed by atoms with van der Waals surface area (Å²) in [6.45, 7) is 0.278. The van der Waals surface area contributed by atoms with E-state index in [9.17, 15) is 9.59 Å². The summed E-state index contributed by atoms with van der Waals surface area (Å²) in [6, 6.07) is 17.8. The van der Waals surface area contributed by atoms with Crippen molar-refractivity contribution in [2.45, 2.75) is 38.1 Å². The summed E-state index contributed by atoms with van der Waals surface area (Å²) < 4.78 is 6.62. The van der Waals surface area contributed by atoms with Gasteiger partial charge in [0.25, 0.3) is 5.91 Å². The number of likely N-dealkylation sites (N-methyl/N-ethyl adjacent to an activating group) is 1. The van der Waals surface area contributed by atoms with Gasteiger partial charge in [-0.25, -0.2) is 4.98 Å². The second-order valence-electron chi connectivity index (χ2n) is 7.86. The zero-order chi connectivity index (χ0) is 20.9. The topological polar surface area (TPSA) is 59.5 Å². The van der Waals surface area contributed by atoms with Crippen LogP contribution in [-0.4, -0.2) is 35.4 Å². The van der Waals surface area contributed by atoms with Gasteiger partial charge in [-0.3, -0.25) is 9.59 Å². The Bertz CT molecular complexity index is 984. The Labute approximate surface area is 180 Å². The fourth-order valence-corrected chi connectivity index (χ4v) is 5.22. The van der Waals surface area contributed by atoms with Crippen molar-refractivity contribution in [1.29, 1.82) is 0 Å². The molecule has 0 saturated heterocycles. The molecule has 0 bridgehead atoms. The first kappa shape index (κ1) is 20.5. The molecule has 1 amide bonds. The van der Waals surface area contributed by atoms with Crippen molar-refractivity contribution >= 4 is 33.4 Å². The highest BCUT2D eigenvalue weighted by Gasteiger charge is 2.35. The number of carbonyl (C=O) groups excluding carboxylic acids is 2. The Morgan fingerprint density at radius 1 is 1.07 bits per heavy atom. The van der Waals surface area contributed by atoms with E-state index >= 15 is 0 Å². The van der Waals surface area contributed by atoms with Crippen LogP contribution in [-0.2, 0) is 20.9 Å². The monoisotopic (exact) mass is 422 g/mol. The maximum atomic E-state index is 12.9. The van der Waals surface area contributed by atoms with Crippen molar-refractivity contribution in [2.24, 2.45) is 5.92 Å². The van der Waals surface area contributed by atoms with E-state index in [-0.39, 0.29) is 30.3 Å². The van der Waals surface area contributed by atoms with Crippen LogP contribution in [0.5, 0.6) is 0 Å². The second kappa shape index (κ2) is 9.39. The number of benzene rings is 2. The molecule has 1 aliphatic rings. The number of carbonyl (C=O) groups is 2. The molecule has 3 aromatic rings. The lowest BCUT2D eigenvalue weighted by atomic mass is 9.79. The van der Waals surface area contributed by atoms with Gasteiger partial charge in [-0.2, -0.15) is 0 Å². The van der Waals surface area contributed by atoms with E-state index in [1.807, 2.05) is 48.5 Å². The van der Waals surface area contributed by atoms with Crippen molar-refractivity contribution < 1.29 is 14.3 Å². The van der Waals surface area contributed by atoms with Gasteiger partial charge in [0.05, 0.1) is 21.1 Å². The number of esters is 1. The van der Waals surface area contributed by atoms with E-state index in [1.54, 1.807) is 23.3 Å². The predicted octanol–water partition coefficient (Wildman–Crippen LogP) is 4.77. The zero-order valence-electron chi connectivity index (χ0n) is 17.1. The minimum absolute atomic E-state index is 0.0702. The van der Waals surface area contributed by atoms with Crippen LogP contribution >= 0.6 is 11.3 Å². The zero-order valence-corrected chi connectivity index (χ0v) is 17.9. The number of para-hydroxylation sites is 1. The number of hydrogen-bond acceptors (Lipinski definition) is 5. The second-order valence-corrected chi connectivity index (χ2v) is 8.92. The molecule has 6 heteroatoms. The van der Waals surface area contributed by atoms with E-state index < -0.39 is 0 Å². The van der Waals surface area contributed by atoms with Gasteiger partial charge >= 0.3 is 5.97 Å². The van der Waals surface area contributed by atoms with Crippen LogP contribution in [0.3, 0.4) is 0 Å². The summed E-state index contributed by atoms with van der Waals surface area (Å²) in [6.07, 6.45) is 3.81. The summed E-state index contributed by atoms with van der Waals surface area (Å²) >= 11 is 1.66. The fourth-order valence-electron chi connectivity index (χ4n) is 4.05. The van der Waals surface area contributed by atoms with Crippen LogP contribution in [0.25, 0.3) is 10.2 Å². The first-order valence-electron chi connectivity index (χ1n) is 10.4. The van der Waals surface area contributed by atoms with E-state index in [1.165, 1.54) is 0 Å². The third-order valence-corrected chi connectivity index (χ3v) is 6.89. The number of rotatable bonds is 6. The molecule has 1 saturated carbocycles. The van der Waals surface area contributed by atoms with Crippen LogP contribution in [0.1, 0.15) is 42.2 Å². The molecule has 0 aliphatic heterocycles. The summed E-state index contributed by atoms with van der Waals surface area (Å²) in [5.41, 5.74) is 2.02. The van der Waals surface area contributed by atoms with Crippen molar-refractivity contribution in [2.75, 3.05) is 13.7 Å². The number of thiazole rings is 1. The van der Waals surface area contributed by atoms with Crippen LogP contribution in [0.15, 0.2) is 54.6 Å². The number of ether oxygens (including phenoxy) is 1. The molecule has 1 aliphatic carbocycles. The molecule has 0 N–H and O–H groups in total. The molecule has 0 spiro atoms. The van der Waals surface area contributed by atoms with Crippen LogP contribution < -0.4 is 0 Å². The fraction of sp³-hybridized carbons (Fsp3) is 0.375. The molecular formula is C24H26N2O3S. The standard InChI is InChI=1S/C24H26N2O3S/c1-26(15-17-9-3-2-4-10-17)22(27)16-29-24(28)19-12-6-5-11-18(19)23-25-20-13-7-8-14-21(20)30-23/h2-4,7-10,13-14,18-19H,5-6,11-12,15-16H2,1H3/t18-,19+/m0/s1. The van der Waals surface area contributed by atoms with E-state index in [0.29, 0.717) is 6.54 Å². The normalized spacial score (nSPS) is 18.8. The summed E-state index contributed by atoms with van der Waals surface area (Å²) in [5, 5.41) is 1.00. The predicted molar refractivity (Wildman–Crippen MR) is 118 cm³/mol. The summed E-state index contributed by atoms with van der Waals surface area (Å²) in [5.74, 6) is -0.632. The molecule has 5 nitrogen and oxygen atoms in total. The number of fused-ring (bicyclic) bond motifs is 1. The highest BCUT2D eigenvalue weighted by atomic mass is 32.1. The molecule has 2 aromatic carbocycles. The largest absolute Gasteiger partial charge is 0.455 e. The van der Waals surface area contributed by atoms with Crippen molar-refractivity contribution in [3.8, 4) is 0 Å². The quantitative estimate of drug-likeness (QED) is 0.537. The van der Waals surface area contributed by atoms with Crippen molar-refractivity contribution in [3.05, 3.63) is 65.2 Å². The Balaban J connectivity index is 1.38. The first-order chi connectivity index (χ1) is 14.6. The SMILES string of the molecule is CN(Cc1ccccc1)C(=O)COC(=O)[C@@H]1CCCC[C@@H]1c1nc2ccccc2s1. The number of amides is 1. The average molecular weight is 423 g/mol. The lowest BCUT2D eigenvalue weighted by molar-refractivity contribution is -0.156. The molecule has 1 heterocycles. The Hall–Kier alpha value is -2.73. The summed E-state index contributed by atoms with van der Waals surface area (Å²) in [4.78, 5) is 31.7. The van der Waals surface area contributed by atoms with Gasteiger partial charge in [0.15, 0.2) is 6.61 Å². The molecule has 2 atom stereocenters. The van der Waals surface area contributed by atoms with E-state index in [2.05, 4.69) is 6.07 Å². The van der Waals surface area contributed by atoms with Gasteiger partial charge in [-0.1, -0.05) is 55.3 Å². The lowest BCUT2D eigenvalue weighted by Gasteiger charge is -2.28. The molecule has 1 fully saturated rings. The van der Waals surface area contributed by atoms with Gasteiger partial charge < -0.3 is 9.64 Å². The van der Waals surface area contributed by atoms with Gasteiger partial charge in [-0.15, -0.1) is 11.3 Å². The Kier molecular flexibility index (Phi) is 6.43. The minimum Gasteiger partial charge on any atom is -0.455 e. The van der Waals surface area contributed by atoms with Crippen molar-refractivity contribution in [1.82, 2.24) is 9.88 Å². The number of aromatic nitrogens is 1. The van der Waals surface area contributed by atoms with E-state index in [0.717, 1.165) is 46.5 Å². The average Bonchev–Trinajstić information content (AvgIpc) is 3.22. The van der Waals surface area contributed by atoms with Crippen LogP contribution in [0, 0.1) is 5.92 Å². The molecule has 1 aromatic heterocycles. The third kappa shape index (κ3) is 4.70. The molecule has 156 valence electrons. The molecule has 4 rings (SSSR count). The van der Waals surface area contributed by atoms with Gasteiger partial charge in [0, 0.05) is 19.5 Å². The maximum Gasteiger partial charge on any atom is 0.310 e. The highest BCUT2D eigenvalue weighted by Crippen LogP contribution is 2.41. The molecular weight excluding hydrogens is 396 g/mol. The lowest BCUT2D eigenvalue weighted by Crippen LogP contribution is -2.33. The highest BCUT2D eigenvalue weighted by molar-refractivity contribution is 7.18. The summed E-state index contributed by atoms with van der Waals surface area (Å²) in [7, 11) is 1.73. The van der Waals surface area contributed by atoms with Gasteiger partial charge in [-0.05, 0) is 30.5 Å². The molecule has 30 heavy (non-hydrogen) atoms. The van der Waals surface area contributed by atoms with Gasteiger partial charge in [0.1, 0.15) is 0 Å². The van der Waals surface area contributed by atoms with Crippen molar-refractivity contribution in [3.63, 3.8) is 0 Å². The Morgan fingerprint density at radius 3 is 2.60 bits per heavy atom. The van der Waals surface area contributed by atoms with Crippen LogP contribution in [0.4, 0.5) is 0 Å². The third-order valence-electron chi connectivity index (χ3n) is 5.72. The minimum atomic E-state index is -0.277. The first-order valence-corrected chi connectivity index (χ1v) is 11.2. The number of hydrogen-bond donors (Lipinski definition) is 0. The molecule has 0 radical (unpaired) electrons. The number of nitrogens with zero attached hydrogens (tertiary/aromatic N) is 2. The maximum absolute atomic E-state index is 12.9.